The van der Waals surface area contributed by atoms with Gasteiger partial charge < -0.3 is 5.32 Å². The van der Waals surface area contributed by atoms with Gasteiger partial charge in [-0.25, -0.2) is 4.68 Å². The molecule has 2 aromatic heterocycles. The fraction of sp³-hybridized carbons (Fsp3) is 0.208. The predicted molar refractivity (Wildman–Crippen MR) is 119 cm³/mol. The number of benzene rings is 2. The topological polar surface area (TPSA) is 64.7 Å². The van der Waals surface area contributed by atoms with Crippen molar-refractivity contribution in [2.24, 2.45) is 0 Å². The van der Waals surface area contributed by atoms with Crippen LogP contribution in [0.4, 0.5) is 18.9 Å². The van der Waals surface area contributed by atoms with Crippen LogP contribution in [-0.2, 0) is 12.7 Å². The van der Waals surface area contributed by atoms with E-state index in [4.69, 9.17) is 0 Å². The highest BCUT2D eigenvalue weighted by molar-refractivity contribution is 6.05. The Labute approximate surface area is 188 Å². The number of hydrogen-bond donors (Lipinski definition) is 1. The minimum Gasteiger partial charge on any atom is -0.319 e. The molecule has 0 aliphatic rings. The van der Waals surface area contributed by atoms with E-state index in [0.717, 1.165) is 23.0 Å². The molecular weight excluding hydrogens is 431 g/mol. The number of amides is 1. The van der Waals surface area contributed by atoms with E-state index >= 15 is 0 Å². The number of carbonyl (C=O) groups is 1. The standard InChI is InChI=1S/C24H22F3N5O/c1-15-7-4-5-10-20(15)32-17(3)22(16(2)29-32)28-23(33)19-9-6-8-18(13-19)14-31-12-11-21(30-31)24(25,26)27/h4-13H,14H2,1-3H3,(H,28,33). The fourth-order valence-electron chi connectivity index (χ4n) is 3.64. The minimum atomic E-state index is -4.49. The second-order valence-electron chi connectivity index (χ2n) is 7.79. The van der Waals surface area contributed by atoms with E-state index in [-0.39, 0.29) is 12.5 Å². The Morgan fingerprint density at radius 3 is 2.45 bits per heavy atom. The molecule has 0 aliphatic carbocycles. The SMILES string of the molecule is Cc1ccccc1-n1nc(C)c(NC(=O)c2cccc(Cn3ccc(C(F)(F)F)n3)c2)c1C. The Morgan fingerprint density at radius 1 is 1.00 bits per heavy atom. The van der Waals surface area contributed by atoms with Crippen molar-refractivity contribution in [1.82, 2.24) is 19.6 Å². The number of aromatic nitrogens is 4. The molecule has 0 aliphatic heterocycles. The van der Waals surface area contributed by atoms with Crippen molar-refractivity contribution in [3.63, 3.8) is 0 Å². The summed E-state index contributed by atoms with van der Waals surface area (Å²) in [5, 5.41) is 11.1. The van der Waals surface area contributed by atoms with Crippen molar-refractivity contribution in [2.45, 2.75) is 33.5 Å². The van der Waals surface area contributed by atoms with Crippen LogP contribution in [0.15, 0.2) is 60.8 Å². The van der Waals surface area contributed by atoms with Gasteiger partial charge in [0.1, 0.15) is 0 Å². The van der Waals surface area contributed by atoms with Crippen LogP contribution in [-0.4, -0.2) is 25.5 Å². The van der Waals surface area contributed by atoms with E-state index in [1.165, 1.54) is 10.9 Å². The molecule has 170 valence electrons. The number of nitrogens with zero attached hydrogens (tertiary/aromatic N) is 4. The molecule has 1 N–H and O–H groups in total. The Balaban J connectivity index is 1.54. The Morgan fingerprint density at radius 2 is 1.76 bits per heavy atom. The molecule has 9 heteroatoms. The van der Waals surface area contributed by atoms with Gasteiger partial charge in [-0.1, -0.05) is 30.3 Å². The molecule has 0 saturated heterocycles. The van der Waals surface area contributed by atoms with Gasteiger partial charge in [0.15, 0.2) is 5.69 Å². The van der Waals surface area contributed by atoms with Crippen LogP contribution in [0.5, 0.6) is 0 Å². The third-order valence-corrected chi connectivity index (χ3v) is 5.34. The van der Waals surface area contributed by atoms with Crippen molar-refractivity contribution >= 4 is 11.6 Å². The number of hydrogen-bond acceptors (Lipinski definition) is 3. The lowest BCUT2D eigenvalue weighted by Crippen LogP contribution is -2.14. The first-order valence-electron chi connectivity index (χ1n) is 10.3. The maximum absolute atomic E-state index is 13.0. The summed E-state index contributed by atoms with van der Waals surface area (Å²) in [5.74, 6) is -0.330. The van der Waals surface area contributed by atoms with E-state index in [1.54, 1.807) is 28.9 Å². The quantitative estimate of drug-likeness (QED) is 0.445. The normalized spacial score (nSPS) is 11.6. The zero-order chi connectivity index (χ0) is 23.8. The summed E-state index contributed by atoms with van der Waals surface area (Å²) in [6.07, 6.45) is -3.23. The van der Waals surface area contributed by atoms with Crippen LogP contribution < -0.4 is 5.32 Å². The molecule has 0 radical (unpaired) electrons. The van der Waals surface area contributed by atoms with Gasteiger partial charge in [-0.2, -0.15) is 23.4 Å². The Kier molecular flexibility index (Phi) is 5.80. The molecule has 2 heterocycles. The molecule has 0 fully saturated rings. The van der Waals surface area contributed by atoms with Crippen molar-refractivity contribution in [3.8, 4) is 5.69 Å². The number of carbonyl (C=O) groups excluding carboxylic acids is 1. The molecule has 0 atom stereocenters. The summed E-state index contributed by atoms with van der Waals surface area (Å²) in [6, 6.07) is 15.5. The smallest absolute Gasteiger partial charge is 0.319 e. The lowest BCUT2D eigenvalue weighted by atomic mass is 10.1. The fourth-order valence-corrected chi connectivity index (χ4v) is 3.64. The largest absolute Gasteiger partial charge is 0.435 e. The minimum absolute atomic E-state index is 0.112. The lowest BCUT2D eigenvalue weighted by molar-refractivity contribution is -0.141. The van der Waals surface area contributed by atoms with Gasteiger partial charge in [0, 0.05) is 11.8 Å². The maximum Gasteiger partial charge on any atom is 0.435 e. The van der Waals surface area contributed by atoms with Crippen molar-refractivity contribution in [2.75, 3.05) is 5.32 Å². The number of aryl methyl sites for hydroxylation is 2. The first-order chi connectivity index (χ1) is 15.6. The highest BCUT2D eigenvalue weighted by atomic mass is 19.4. The summed E-state index contributed by atoms with van der Waals surface area (Å²) < 4.78 is 41.3. The number of anilines is 1. The van der Waals surface area contributed by atoms with Crippen molar-refractivity contribution < 1.29 is 18.0 Å². The molecule has 2 aromatic carbocycles. The molecule has 4 rings (SSSR count). The van der Waals surface area contributed by atoms with E-state index in [1.807, 2.05) is 45.0 Å². The lowest BCUT2D eigenvalue weighted by Gasteiger charge is -2.10. The summed E-state index contributed by atoms with van der Waals surface area (Å²) >= 11 is 0. The third-order valence-electron chi connectivity index (χ3n) is 5.34. The first kappa shape index (κ1) is 22.3. The van der Waals surface area contributed by atoms with Crippen LogP contribution in [0.3, 0.4) is 0 Å². The van der Waals surface area contributed by atoms with Gasteiger partial charge >= 0.3 is 6.18 Å². The molecule has 0 bridgehead atoms. The van der Waals surface area contributed by atoms with Crippen LogP contribution >= 0.6 is 0 Å². The van der Waals surface area contributed by atoms with Gasteiger partial charge in [0.2, 0.25) is 0 Å². The predicted octanol–water partition coefficient (Wildman–Crippen LogP) is 5.31. The second-order valence-corrected chi connectivity index (χ2v) is 7.79. The molecule has 0 spiro atoms. The molecule has 4 aromatic rings. The second kappa shape index (κ2) is 8.57. The monoisotopic (exact) mass is 453 g/mol. The number of alkyl halides is 3. The first-order valence-corrected chi connectivity index (χ1v) is 10.3. The summed E-state index contributed by atoms with van der Waals surface area (Å²) in [4.78, 5) is 13.0. The zero-order valence-electron chi connectivity index (χ0n) is 18.3. The summed E-state index contributed by atoms with van der Waals surface area (Å²) in [7, 11) is 0. The van der Waals surface area contributed by atoms with Crippen LogP contribution in [0, 0.1) is 20.8 Å². The molecule has 1 amide bonds. The number of rotatable bonds is 5. The highest BCUT2D eigenvalue weighted by Gasteiger charge is 2.33. The molecule has 33 heavy (non-hydrogen) atoms. The molecular formula is C24H22F3N5O. The zero-order valence-corrected chi connectivity index (χ0v) is 18.3. The summed E-state index contributed by atoms with van der Waals surface area (Å²) in [6.45, 7) is 5.81. The Bertz CT molecular complexity index is 1320. The van der Waals surface area contributed by atoms with Crippen molar-refractivity contribution in [1.29, 1.82) is 0 Å². The van der Waals surface area contributed by atoms with Gasteiger partial charge in [-0.3, -0.25) is 9.48 Å². The van der Waals surface area contributed by atoms with Gasteiger partial charge in [0.05, 0.1) is 29.3 Å². The van der Waals surface area contributed by atoms with Crippen molar-refractivity contribution in [3.05, 3.63) is 94.6 Å². The average Bonchev–Trinajstić information content (AvgIpc) is 3.34. The van der Waals surface area contributed by atoms with Crippen LogP contribution in [0.2, 0.25) is 0 Å². The third kappa shape index (κ3) is 4.67. The molecule has 0 unspecified atom stereocenters. The van der Waals surface area contributed by atoms with Crippen LogP contribution in [0.1, 0.15) is 38.6 Å². The summed E-state index contributed by atoms with van der Waals surface area (Å²) in [5.41, 5.74) is 4.17. The maximum atomic E-state index is 13.0. The van der Waals surface area contributed by atoms with Gasteiger partial charge in [-0.05, 0) is 56.2 Å². The number of nitrogens with one attached hydrogen (secondary N) is 1. The van der Waals surface area contributed by atoms with E-state index in [0.29, 0.717) is 22.5 Å². The Hall–Kier alpha value is -3.88. The average molecular weight is 453 g/mol. The van der Waals surface area contributed by atoms with E-state index in [2.05, 4.69) is 15.5 Å². The van der Waals surface area contributed by atoms with Gasteiger partial charge in [0.25, 0.3) is 5.91 Å². The highest BCUT2D eigenvalue weighted by Crippen LogP contribution is 2.28. The molecule has 6 nitrogen and oxygen atoms in total. The van der Waals surface area contributed by atoms with Crippen LogP contribution in [0.25, 0.3) is 5.69 Å². The van der Waals surface area contributed by atoms with E-state index in [9.17, 15) is 18.0 Å². The number of halogens is 3. The van der Waals surface area contributed by atoms with Gasteiger partial charge in [-0.15, -0.1) is 0 Å². The molecule has 0 saturated carbocycles. The van der Waals surface area contributed by atoms with E-state index < -0.39 is 11.9 Å². The number of para-hydroxylation sites is 1.